The van der Waals surface area contributed by atoms with Gasteiger partial charge in [-0.15, -0.1) is 0 Å². The lowest BCUT2D eigenvalue weighted by molar-refractivity contribution is -0.132. The smallest absolute Gasteiger partial charge is 0.225 e. The first-order chi connectivity index (χ1) is 7.29. The summed E-state index contributed by atoms with van der Waals surface area (Å²) >= 11 is 3.48. The minimum absolute atomic E-state index is 0.195. The quantitative estimate of drug-likeness (QED) is 0.736. The highest BCUT2D eigenvalue weighted by atomic mass is 79.9. The van der Waals surface area contributed by atoms with Crippen LogP contribution in [0.3, 0.4) is 0 Å². The molecule has 15 heavy (non-hydrogen) atoms. The second-order valence-corrected chi connectivity index (χ2v) is 5.14. The van der Waals surface area contributed by atoms with E-state index in [9.17, 15) is 4.79 Å². The lowest BCUT2D eigenvalue weighted by atomic mass is 10.1. The maximum Gasteiger partial charge on any atom is 0.225 e. The molecule has 0 saturated carbocycles. The summed E-state index contributed by atoms with van der Waals surface area (Å²) in [4.78, 5) is 13.9. The Labute approximate surface area is 99.3 Å². The Morgan fingerprint density at radius 2 is 2.33 bits per heavy atom. The van der Waals surface area contributed by atoms with E-state index < -0.39 is 0 Å². The molecule has 2 rings (SSSR count). The van der Waals surface area contributed by atoms with Crippen LogP contribution < -0.4 is 0 Å². The maximum atomic E-state index is 11.9. The molecule has 0 N–H and O–H groups in total. The zero-order valence-electron chi connectivity index (χ0n) is 8.95. The van der Waals surface area contributed by atoms with Gasteiger partial charge in [0.25, 0.3) is 0 Å². The first kappa shape index (κ1) is 11.4. The molecule has 2 unspecified atom stereocenters. The lowest BCUT2D eigenvalue weighted by Crippen LogP contribution is -2.31. The van der Waals surface area contributed by atoms with E-state index in [1.165, 1.54) is 0 Å². The summed E-state index contributed by atoms with van der Waals surface area (Å²) in [5.74, 6) is 0.934. The van der Waals surface area contributed by atoms with Gasteiger partial charge in [-0.3, -0.25) is 4.79 Å². The third-order valence-corrected chi connectivity index (χ3v) is 4.20. The molecular formula is C11H18BrNO2. The van der Waals surface area contributed by atoms with Crippen molar-refractivity contribution in [3.8, 4) is 0 Å². The second kappa shape index (κ2) is 5.30. The van der Waals surface area contributed by atoms with Gasteiger partial charge in [0.15, 0.2) is 0 Å². The molecular weight excluding hydrogens is 258 g/mol. The third kappa shape index (κ3) is 2.94. The molecule has 4 heteroatoms. The largest absolute Gasteiger partial charge is 0.378 e. The number of rotatable bonds is 3. The minimum Gasteiger partial charge on any atom is -0.378 e. The topological polar surface area (TPSA) is 29.5 Å². The fourth-order valence-corrected chi connectivity index (χ4v) is 2.84. The number of alkyl halides is 1. The molecule has 0 spiro atoms. The van der Waals surface area contributed by atoms with Crippen molar-refractivity contribution >= 4 is 21.8 Å². The normalized spacial score (nSPS) is 31.1. The summed E-state index contributed by atoms with van der Waals surface area (Å²) in [7, 11) is 0. The van der Waals surface area contributed by atoms with Crippen molar-refractivity contribution < 1.29 is 9.53 Å². The summed E-state index contributed by atoms with van der Waals surface area (Å²) in [5.41, 5.74) is 0. The van der Waals surface area contributed by atoms with Crippen LogP contribution in [0.5, 0.6) is 0 Å². The molecule has 0 aromatic carbocycles. The van der Waals surface area contributed by atoms with E-state index in [0.717, 1.165) is 44.3 Å². The van der Waals surface area contributed by atoms with Crippen LogP contribution in [0.4, 0.5) is 0 Å². The van der Waals surface area contributed by atoms with Gasteiger partial charge in [-0.25, -0.2) is 0 Å². The molecule has 1 amide bonds. The molecule has 2 atom stereocenters. The molecule has 2 aliphatic heterocycles. The van der Waals surface area contributed by atoms with E-state index in [0.29, 0.717) is 12.3 Å². The van der Waals surface area contributed by atoms with Crippen LogP contribution in [0.25, 0.3) is 0 Å². The van der Waals surface area contributed by atoms with Crippen molar-refractivity contribution in [1.29, 1.82) is 0 Å². The van der Waals surface area contributed by atoms with Crippen LogP contribution in [0, 0.1) is 5.92 Å². The molecule has 0 aromatic heterocycles. The van der Waals surface area contributed by atoms with Gasteiger partial charge in [-0.1, -0.05) is 15.9 Å². The average Bonchev–Trinajstić information content (AvgIpc) is 2.86. The number of halogens is 1. The van der Waals surface area contributed by atoms with E-state index in [-0.39, 0.29) is 12.0 Å². The fourth-order valence-electron chi connectivity index (χ4n) is 2.31. The number of likely N-dealkylation sites (tertiary alicyclic amines) is 1. The number of carbonyl (C=O) groups is 1. The van der Waals surface area contributed by atoms with Crippen molar-refractivity contribution in [3.05, 3.63) is 0 Å². The highest BCUT2D eigenvalue weighted by Gasteiger charge is 2.28. The summed E-state index contributed by atoms with van der Waals surface area (Å²) in [6.07, 6.45) is 4.10. The van der Waals surface area contributed by atoms with Gasteiger partial charge in [0.05, 0.1) is 12.5 Å². The van der Waals surface area contributed by atoms with Gasteiger partial charge in [-0.05, 0) is 25.2 Å². The van der Waals surface area contributed by atoms with Crippen LogP contribution in [-0.2, 0) is 9.53 Å². The Morgan fingerprint density at radius 1 is 1.47 bits per heavy atom. The lowest BCUT2D eigenvalue weighted by Gasteiger charge is -2.18. The van der Waals surface area contributed by atoms with Gasteiger partial charge in [0, 0.05) is 25.0 Å². The highest BCUT2D eigenvalue weighted by molar-refractivity contribution is 9.09. The number of ether oxygens (including phenoxy) is 1. The number of carbonyl (C=O) groups excluding carboxylic acids is 1. The monoisotopic (exact) mass is 275 g/mol. The zero-order chi connectivity index (χ0) is 10.7. The third-order valence-electron chi connectivity index (χ3n) is 3.28. The van der Waals surface area contributed by atoms with Crippen molar-refractivity contribution in [2.45, 2.75) is 31.8 Å². The predicted octanol–water partition coefficient (Wildman–Crippen LogP) is 1.80. The van der Waals surface area contributed by atoms with Gasteiger partial charge < -0.3 is 9.64 Å². The second-order valence-electron chi connectivity index (χ2n) is 4.49. The predicted molar refractivity (Wildman–Crippen MR) is 62.1 cm³/mol. The van der Waals surface area contributed by atoms with Crippen LogP contribution in [0.2, 0.25) is 0 Å². The highest BCUT2D eigenvalue weighted by Crippen LogP contribution is 2.21. The minimum atomic E-state index is 0.195. The van der Waals surface area contributed by atoms with E-state index in [4.69, 9.17) is 4.74 Å². The standard InChI is InChI=1S/C11H18BrNO2/c12-7-9-3-4-13(8-9)11(14)6-10-2-1-5-15-10/h9-10H,1-8H2. The first-order valence-electron chi connectivity index (χ1n) is 5.75. The number of amides is 1. The van der Waals surface area contributed by atoms with Crippen molar-refractivity contribution in [2.75, 3.05) is 25.0 Å². The summed E-state index contributed by atoms with van der Waals surface area (Å²) in [6, 6.07) is 0. The summed E-state index contributed by atoms with van der Waals surface area (Å²) < 4.78 is 5.48. The Bertz CT molecular complexity index is 229. The Balaban J connectivity index is 1.76. The van der Waals surface area contributed by atoms with Gasteiger partial charge in [0.1, 0.15) is 0 Å². The average molecular weight is 276 g/mol. The molecule has 86 valence electrons. The van der Waals surface area contributed by atoms with Crippen LogP contribution >= 0.6 is 15.9 Å². The van der Waals surface area contributed by atoms with Gasteiger partial charge in [-0.2, -0.15) is 0 Å². The van der Waals surface area contributed by atoms with E-state index in [1.54, 1.807) is 0 Å². The summed E-state index contributed by atoms with van der Waals surface area (Å²) in [6.45, 7) is 2.70. The van der Waals surface area contributed by atoms with E-state index >= 15 is 0 Å². The fraction of sp³-hybridized carbons (Fsp3) is 0.909. The van der Waals surface area contributed by atoms with Crippen molar-refractivity contribution in [2.24, 2.45) is 5.92 Å². The molecule has 2 aliphatic rings. The van der Waals surface area contributed by atoms with Crippen LogP contribution in [-0.4, -0.2) is 41.9 Å². The number of hydrogen-bond acceptors (Lipinski definition) is 2. The molecule has 0 aromatic rings. The van der Waals surface area contributed by atoms with Gasteiger partial charge >= 0.3 is 0 Å². The molecule has 0 radical (unpaired) electrons. The number of hydrogen-bond donors (Lipinski definition) is 0. The maximum absolute atomic E-state index is 11.9. The molecule has 0 aliphatic carbocycles. The molecule has 2 heterocycles. The molecule has 0 bridgehead atoms. The Morgan fingerprint density at radius 3 is 2.93 bits per heavy atom. The Kier molecular flexibility index (Phi) is 4.03. The Hall–Kier alpha value is -0.0900. The number of nitrogens with zero attached hydrogens (tertiary/aromatic N) is 1. The van der Waals surface area contributed by atoms with Crippen molar-refractivity contribution in [3.63, 3.8) is 0 Å². The first-order valence-corrected chi connectivity index (χ1v) is 6.87. The van der Waals surface area contributed by atoms with Crippen LogP contribution in [0.15, 0.2) is 0 Å². The van der Waals surface area contributed by atoms with E-state index in [2.05, 4.69) is 15.9 Å². The van der Waals surface area contributed by atoms with Crippen LogP contribution in [0.1, 0.15) is 25.7 Å². The van der Waals surface area contributed by atoms with Gasteiger partial charge in [0.2, 0.25) is 5.91 Å². The zero-order valence-corrected chi connectivity index (χ0v) is 10.5. The van der Waals surface area contributed by atoms with E-state index in [1.807, 2.05) is 4.90 Å². The summed E-state index contributed by atoms with van der Waals surface area (Å²) in [5, 5.41) is 1.01. The van der Waals surface area contributed by atoms with Crippen molar-refractivity contribution in [1.82, 2.24) is 4.90 Å². The SMILES string of the molecule is O=C(CC1CCCO1)N1CCC(CBr)C1. The molecule has 2 saturated heterocycles. The molecule has 2 fully saturated rings. The molecule has 3 nitrogen and oxygen atoms in total.